The summed E-state index contributed by atoms with van der Waals surface area (Å²) >= 11 is 3.47. The van der Waals surface area contributed by atoms with Crippen LogP contribution in [0.25, 0.3) is 0 Å². The molecule has 2 aromatic rings. The number of pyridine rings is 1. The number of anilines is 1. The van der Waals surface area contributed by atoms with E-state index in [0.29, 0.717) is 13.0 Å². The number of benzene rings is 1. The van der Waals surface area contributed by atoms with Crippen LogP contribution in [0.4, 0.5) is 5.82 Å². The highest BCUT2D eigenvalue weighted by atomic mass is 79.9. The third kappa shape index (κ3) is 2.54. The highest BCUT2D eigenvalue weighted by Gasteiger charge is 2.32. The van der Waals surface area contributed by atoms with Crippen molar-refractivity contribution in [1.29, 1.82) is 0 Å². The first-order valence-corrected chi connectivity index (χ1v) is 7.00. The number of nitrogens with zero attached hydrogens (tertiary/aromatic N) is 2. The van der Waals surface area contributed by atoms with Crippen molar-refractivity contribution in [3.8, 4) is 0 Å². The third-order valence-electron chi connectivity index (χ3n) is 3.37. The van der Waals surface area contributed by atoms with E-state index in [0.717, 1.165) is 10.3 Å². The fourth-order valence-corrected chi connectivity index (χ4v) is 2.84. The molecule has 1 unspecified atom stereocenters. The Bertz CT molecular complexity index is 600. The summed E-state index contributed by atoms with van der Waals surface area (Å²) in [6.45, 7) is 0.701. The number of hydrogen-bond acceptors (Lipinski definition) is 2. The van der Waals surface area contributed by atoms with Gasteiger partial charge in [0.25, 0.3) is 0 Å². The largest absolute Gasteiger partial charge is 0.296 e. The number of rotatable bonds is 2. The average molecular weight is 317 g/mol. The van der Waals surface area contributed by atoms with Crippen molar-refractivity contribution in [2.75, 3.05) is 11.4 Å². The van der Waals surface area contributed by atoms with Gasteiger partial charge in [0.05, 0.1) is 0 Å². The first kappa shape index (κ1) is 12.4. The lowest BCUT2D eigenvalue weighted by Crippen LogP contribution is -2.25. The Hall–Kier alpha value is -1.68. The fourth-order valence-electron chi connectivity index (χ4n) is 2.43. The Morgan fingerprint density at radius 2 is 2.11 bits per heavy atom. The summed E-state index contributed by atoms with van der Waals surface area (Å²) in [6.07, 6.45) is 2.27. The molecule has 0 radical (unpaired) electrons. The number of amides is 1. The number of carbonyl (C=O) groups excluding carboxylic acids is 1. The molecular weight excluding hydrogens is 304 g/mol. The van der Waals surface area contributed by atoms with Crippen molar-refractivity contribution in [2.45, 2.75) is 12.3 Å². The van der Waals surface area contributed by atoms with Crippen LogP contribution < -0.4 is 4.90 Å². The second-order valence-electron chi connectivity index (χ2n) is 4.65. The Kier molecular flexibility index (Phi) is 3.34. The SMILES string of the molecule is O=C1CC(c2cccc(Br)c2)CN1c1ccccn1. The zero-order valence-corrected chi connectivity index (χ0v) is 11.9. The minimum Gasteiger partial charge on any atom is -0.296 e. The molecule has 0 bridgehead atoms. The van der Waals surface area contributed by atoms with Crippen LogP contribution in [0.2, 0.25) is 0 Å². The van der Waals surface area contributed by atoms with Crippen LogP contribution in [0, 0.1) is 0 Å². The Labute approximate surface area is 120 Å². The van der Waals surface area contributed by atoms with Gasteiger partial charge in [0, 0.05) is 29.6 Å². The van der Waals surface area contributed by atoms with Gasteiger partial charge in [-0.2, -0.15) is 0 Å². The lowest BCUT2D eigenvalue weighted by molar-refractivity contribution is -0.117. The zero-order chi connectivity index (χ0) is 13.2. The molecule has 0 aliphatic carbocycles. The summed E-state index contributed by atoms with van der Waals surface area (Å²) in [5.41, 5.74) is 1.20. The monoisotopic (exact) mass is 316 g/mol. The highest BCUT2D eigenvalue weighted by Crippen LogP contribution is 2.31. The summed E-state index contributed by atoms with van der Waals surface area (Å²) in [4.78, 5) is 18.1. The smallest absolute Gasteiger partial charge is 0.228 e. The molecule has 1 saturated heterocycles. The van der Waals surface area contributed by atoms with Crippen LogP contribution in [0.5, 0.6) is 0 Å². The van der Waals surface area contributed by atoms with Crippen LogP contribution in [0.1, 0.15) is 17.9 Å². The molecular formula is C15H13BrN2O. The predicted octanol–water partition coefficient (Wildman–Crippen LogP) is 3.36. The molecule has 1 aromatic heterocycles. The van der Waals surface area contributed by atoms with Crippen molar-refractivity contribution < 1.29 is 4.79 Å². The van der Waals surface area contributed by atoms with Crippen LogP contribution in [0.15, 0.2) is 53.1 Å². The van der Waals surface area contributed by atoms with Gasteiger partial charge in [0.2, 0.25) is 5.91 Å². The Morgan fingerprint density at radius 1 is 1.21 bits per heavy atom. The van der Waals surface area contributed by atoms with Gasteiger partial charge in [-0.1, -0.05) is 34.1 Å². The molecule has 1 atom stereocenters. The standard InChI is InChI=1S/C15H13BrN2O/c16-13-5-3-4-11(8-13)12-9-15(19)18(10-12)14-6-1-2-7-17-14/h1-8,12H,9-10H2. The van der Waals surface area contributed by atoms with E-state index in [1.54, 1.807) is 11.1 Å². The molecule has 2 heterocycles. The molecule has 1 amide bonds. The Morgan fingerprint density at radius 3 is 2.84 bits per heavy atom. The quantitative estimate of drug-likeness (QED) is 0.851. The van der Waals surface area contributed by atoms with Gasteiger partial charge < -0.3 is 0 Å². The zero-order valence-electron chi connectivity index (χ0n) is 10.3. The fraction of sp³-hybridized carbons (Fsp3) is 0.200. The van der Waals surface area contributed by atoms with Crippen LogP contribution >= 0.6 is 15.9 Å². The maximum Gasteiger partial charge on any atom is 0.228 e. The second kappa shape index (κ2) is 5.13. The summed E-state index contributed by atoms with van der Waals surface area (Å²) in [5, 5.41) is 0. The van der Waals surface area contributed by atoms with Crippen molar-refractivity contribution in [2.24, 2.45) is 0 Å². The van der Waals surface area contributed by atoms with Crippen LogP contribution in [-0.2, 0) is 4.79 Å². The van der Waals surface area contributed by atoms with Crippen molar-refractivity contribution in [3.63, 3.8) is 0 Å². The number of hydrogen-bond donors (Lipinski definition) is 0. The molecule has 3 nitrogen and oxygen atoms in total. The minimum atomic E-state index is 0.142. The topological polar surface area (TPSA) is 33.2 Å². The van der Waals surface area contributed by atoms with Gasteiger partial charge in [-0.25, -0.2) is 4.98 Å². The molecule has 96 valence electrons. The molecule has 1 fully saturated rings. The van der Waals surface area contributed by atoms with E-state index >= 15 is 0 Å². The summed E-state index contributed by atoms with van der Waals surface area (Å²) in [5.74, 6) is 1.13. The molecule has 0 N–H and O–H groups in total. The lowest BCUT2D eigenvalue weighted by Gasteiger charge is -2.15. The number of carbonyl (C=O) groups is 1. The first-order valence-electron chi connectivity index (χ1n) is 6.21. The highest BCUT2D eigenvalue weighted by molar-refractivity contribution is 9.10. The second-order valence-corrected chi connectivity index (χ2v) is 5.56. The molecule has 0 saturated carbocycles. The molecule has 1 aliphatic rings. The van der Waals surface area contributed by atoms with E-state index in [4.69, 9.17) is 0 Å². The van der Waals surface area contributed by atoms with E-state index in [-0.39, 0.29) is 11.8 Å². The van der Waals surface area contributed by atoms with Crippen molar-refractivity contribution in [3.05, 3.63) is 58.7 Å². The minimum absolute atomic E-state index is 0.142. The van der Waals surface area contributed by atoms with Gasteiger partial charge in [0.15, 0.2) is 0 Å². The summed E-state index contributed by atoms with van der Waals surface area (Å²) < 4.78 is 1.05. The number of aromatic nitrogens is 1. The average Bonchev–Trinajstić information content (AvgIpc) is 2.82. The van der Waals surface area contributed by atoms with Gasteiger partial charge in [-0.3, -0.25) is 9.69 Å². The van der Waals surface area contributed by atoms with E-state index in [9.17, 15) is 4.79 Å². The van der Waals surface area contributed by atoms with E-state index in [1.165, 1.54) is 5.56 Å². The van der Waals surface area contributed by atoms with E-state index < -0.39 is 0 Å². The van der Waals surface area contributed by atoms with Gasteiger partial charge in [-0.05, 0) is 29.8 Å². The molecule has 1 aromatic carbocycles. The molecule has 4 heteroatoms. The number of halogens is 1. The normalized spacial score (nSPS) is 18.9. The maximum absolute atomic E-state index is 12.1. The molecule has 19 heavy (non-hydrogen) atoms. The maximum atomic E-state index is 12.1. The summed E-state index contributed by atoms with van der Waals surface area (Å²) in [6, 6.07) is 13.8. The van der Waals surface area contributed by atoms with Crippen molar-refractivity contribution >= 4 is 27.7 Å². The molecule has 3 rings (SSSR count). The van der Waals surface area contributed by atoms with E-state index in [2.05, 4.69) is 33.0 Å². The first-order chi connectivity index (χ1) is 9.24. The third-order valence-corrected chi connectivity index (χ3v) is 3.86. The van der Waals surface area contributed by atoms with Gasteiger partial charge in [0.1, 0.15) is 5.82 Å². The predicted molar refractivity (Wildman–Crippen MR) is 78.1 cm³/mol. The summed E-state index contributed by atoms with van der Waals surface area (Å²) in [7, 11) is 0. The van der Waals surface area contributed by atoms with Crippen molar-refractivity contribution in [1.82, 2.24) is 4.98 Å². The molecule has 0 spiro atoms. The van der Waals surface area contributed by atoms with Crippen LogP contribution in [-0.4, -0.2) is 17.4 Å². The van der Waals surface area contributed by atoms with E-state index in [1.807, 2.05) is 30.3 Å². The molecule has 1 aliphatic heterocycles. The van der Waals surface area contributed by atoms with Gasteiger partial charge in [-0.15, -0.1) is 0 Å². The van der Waals surface area contributed by atoms with Crippen LogP contribution in [0.3, 0.4) is 0 Å². The van der Waals surface area contributed by atoms with Gasteiger partial charge >= 0.3 is 0 Å². The lowest BCUT2D eigenvalue weighted by atomic mass is 9.98. The Balaban J connectivity index is 1.84.